The van der Waals surface area contributed by atoms with Crippen LogP contribution in [0.3, 0.4) is 0 Å². The number of hydrogen-bond acceptors (Lipinski definition) is 3. The molecule has 2 amide bonds. The van der Waals surface area contributed by atoms with E-state index in [1.54, 1.807) is 11.8 Å². The SMILES string of the molecule is CCOC(=O)N1CCC(NC(=O)Cc2ccc(Br)cc2)CC1. The number of carbonyl (C=O) groups excluding carboxylic acids is 2. The van der Waals surface area contributed by atoms with Gasteiger partial charge in [0.05, 0.1) is 13.0 Å². The van der Waals surface area contributed by atoms with Crippen LogP contribution in [-0.4, -0.2) is 42.6 Å². The fraction of sp³-hybridized carbons (Fsp3) is 0.500. The smallest absolute Gasteiger partial charge is 0.409 e. The average molecular weight is 369 g/mol. The van der Waals surface area contributed by atoms with Gasteiger partial charge in [0.2, 0.25) is 5.91 Å². The quantitative estimate of drug-likeness (QED) is 0.888. The summed E-state index contributed by atoms with van der Waals surface area (Å²) in [5.74, 6) is 0.0249. The molecule has 1 aromatic rings. The standard InChI is InChI=1S/C16H21BrN2O3/c1-2-22-16(21)19-9-7-14(8-10-19)18-15(20)11-12-3-5-13(17)6-4-12/h3-6,14H,2,7-11H2,1H3,(H,18,20). The van der Waals surface area contributed by atoms with Crippen LogP contribution in [0.4, 0.5) is 4.79 Å². The van der Waals surface area contributed by atoms with Gasteiger partial charge in [0, 0.05) is 23.6 Å². The first kappa shape index (κ1) is 16.8. The number of benzene rings is 1. The highest BCUT2D eigenvalue weighted by molar-refractivity contribution is 9.10. The summed E-state index contributed by atoms with van der Waals surface area (Å²) < 4.78 is 5.98. The van der Waals surface area contributed by atoms with Gasteiger partial charge in [-0.05, 0) is 37.5 Å². The zero-order valence-electron chi connectivity index (χ0n) is 12.7. The van der Waals surface area contributed by atoms with E-state index >= 15 is 0 Å². The lowest BCUT2D eigenvalue weighted by molar-refractivity contribution is -0.121. The maximum atomic E-state index is 12.1. The maximum absolute atomic E-state index is 12.1. The summed E-state index contributed by atoms with van der Waals surface area (Å²) >= 11 is 3.38. The Balaban J connectivity index is 1.74. The zero-order valence-corrected chi connectivity index (χ0v) is 14.3. The van der Waals surface area contributed by atoms with Crippen LogP contribution in [0.15, 0.2) is 28.7 Å². The third-order valence-electron chi connectivity index (χ3n) is 3.66. The molecule has 1 aliphatic rings. The number of piperidine rings is 1. The number of likely N-dealkylation sites (tertiary alicyclic amines) is 1. The van der Waals surface area contributed by atoms with E-state index in [9.17, 15) is 9.59 Å². The van der Waals surface area contributed by atoms with Gasteiger partial charge < -0.3 is 15.0 Å². The first-order valence-corrected chi connectivity index (χ1v) is 8.33. The van der Waals surface area contributed by atoms with E-state index in [1.807, 2.05) is 24.3 Å². The topological polar surface area (TPSA) is 58.6 Å². The van der Waals surface area contributed by atoms with Gasteiger partial charge in [-0.15, -0.1) is 0 Å². The number of carbonyl (C=O) groups is 2. The Kier molecular flexibility index (Phi) is 6.24. The predicted octanol–water partition coefficient (Wildman–Crippen LogP) is 2.73. The Morgan fingerprint density at radius 1 is 1.27 bits per heavy atom. The molecule has 0 spiro atoms. The van der Waals surface area contributed by atoms with Gasteiger partial charge in [0.15, 0.2) is 0 Å². The monoisotopic (exact) mass is 368 g/mol. The Labute approximate surface area is 139 Å². The van der Waals surface area contributed by atoms with Crippen molar-refractivity contribution in [3.63, 3.8) is 0 Å². The molecule has 0 unspecified atom stereocenters. The number of hydrogen-bond donors (Lipinski definition) is 1. The minimum absolute atomic E-state index is 0.0249. The van der Waals surface area contributed by atoms with E-state index in [1.165, 1.54) is 0 Å². The Morgan fingerprint density at radius 3 is 2.50 bits per heavy atom. The van der Waals surface area contributed by atoms with Crippen molar-refractivity contribution in [1.82, 2.24) is 10.2 Å². The lowest BCUT2D eigenvalue weighted by atomic mass is 10.0. The molecular formula is C16H21BrN2O3. The summed E-state index contributed by atoms with van der Waals surface area (Å²) in [6.07, 6.45) is 1.66. The van der Waals surface area contributed by atoms with Crippen molar-refractivity contribution < 1.29 is 14.3 Å². The first-order chi connectivity index (χ1) is 10.6. The second kappa shape index (κ2) is 8.17. The molecule has 6 heteroatoms. The summed E-state index contributed by atoms with van der Waals surface area (Å²) in [6, 6.07) is 7.87. The largest absolute Gasteiger partial charge is 0.450 e. The molecule has 0 radical (unpaired) electrons. The van der Waals surface area contributed by atoms with Crippen molar-refractivity contribution >= 4 is 27.9 Å². The van der Waals surface area contributed by atoms with E-state index in [2.05, 4.69) is 21.2 Å². The average Bonchev–Trinajstić information content (AvgIpc) is 2.50. The van der Waals surface area contributed by atoms with Gasteiger partial charge in [0.25, 0.3) is 0 Å². The van der Waals surface area contributed by atoms with Gasteiger partial charge >= 0.3 is 6.09 Å². The van der Waals surface area contributed by atoms with Crippen molar-refractivity contribution in [3.05, 3.63) is 34.3 Å². The van der Waals surface area contributed by atoms with Gasteiger partial charge in [-0.1, -0.05) is 28.1 Å². The second-order valence-electron chi connectivity index (χ2n) is 5.33. The van der Waals surface area contributed by atoms with Crippen LogP contribution < -0.4 is 5.32 Å². The number of rotatable bonds is 4. The van der Waals surface area contributed by atoms with E-state index in [4.69, 9.17) is 4.74 Å². The third-order valence-corrected chi connectivity index (χ3v) is 4.19. The van der Waals surface area contributed by atoms with Crippen LogP contribution in [0, 0.1) is 0 Å². The van der Waals surface area contributed by atoms with Crippen molar-refractivity contribution in [2.45, 2.75) is 32.2 Å². The summed E-state index contributed by atoms with van der Waals surface area (Å²) in [7, 11) is 0. The molecule has 1 fully saturated rings. The molecule has 120 valence electrons. The Bertz CT molecular complexity index is 511. The molecule has 2 rings (SSSR count). The lowest BCUT2D eigenvalue weighted by Gasteiger charge is -2.31. The molecule has 1 aromatic carbocycles. The minimum atomic E-state index is -0.262. The Morgan fingerprint density at radius 2 is 1.91 bits per heavy atom. The summed E-state index contributed by atoms with van der Waals surface area (Å²) in [6.45, 7) is 3.44. The molecule has 1 N–H and O–H groups in total. The van der Waals surface area contributed by atoms with Gasteiger partial charge in [-0.2, -0.15) is 0 Å². The molecule has 0 bridgehead atoms. The molecule has 0 saturated carbocycles. The van der Waals surface area contributed by atoms with Gasteiger partial charge in [0.1, 0.15) is 0 Å². The Hall–Kier alpha value is -1.56. The summed E-state index contributed by atoms with van der Waals surface area (Å²) in [4.78, 5) is 25.4. The van der Waals surface area contributed by atoms with E-state index in [0.717, 1.165) is 22.9 Å². The van der Waals surface area contributed by atoms with Crippen LogP contribution >= 0.6 is 15.9 Å². The van der Waals surface area contributed by atoms with Gasteiger partial charge in [-0.3, -0.25) is 4.79 Å². The molecule has 0 atom stereocenters. The zero-order chi connectivity index (χ0) is 15.9. The number of nitrogens with zero attached hydrogens (tertiary/aromatic N) is 1. The van der Waals surface area contributed by atoms with Gasteiger partial charge in [-0.25, -0.2) is 4.79 Å². The highest BCUT2D eigenvalue weighted by Crippen LogP contribution is 2.13. The molecule has 0 aromatic heterocycles. The highest BCUT2D eigenvalue weighted by atomic mass is 79.9. The molecule has 0 aliphatic carbocycles. The molecule has 1 aliphatic heterocycles. The summed E-state index contributed by atoms with van der Waals surface area (Å²) in [5, 5.41) is 3.04. The van der Waals surface area contributed by atoms with Crippen LogP contribution in [0.2, 0.25) is 0 Å². The minimum Gasteiger partial charge on any atom is -0.450 e. The van der Waals surface area contributed by atoms with E-state index in [0.29, 0.717) is 26.1 Å². The molecular weight excluding hydrogens is 348 g/mol. The third kappa shape index (κ3) is 5.02. The molecule has 22 heavy (non-hydrogen) atoms. The van der Waals surface area contributed by atoms with Crippen LogP contribution in [0.5, 0.6) is 0 Å². The van der Waals surface area contributed by atoms with Crippen molar-refractivity contribution in [1.29, 1.82) is 0 Å². The van der Waals surface area contributed by atoms with Crippen LogP contribution in [0.25, 0.3) is 0 Å². The van der Waals surface area contributed by atoms with Crippen molar-refractivity contribution in [3.8, 4) is 0 Å². The highest BCUT2D eigenvalue weighted by Gasteiger charge is 2.24. The van der Waals surface area contributed by atoms with Crippen LogP contribution in [0.1, 0.15) is 25.3 Å². The molecule has 1 heterocycles. The van der Waals surface area contributed by atoms with E-state index in [-0.39, 0.29) is 18.0 Å². The fourth-order valence-corrected chi connectivity index (χ4v) is 2.75. The molecule has 5 nitrogen and oxygen atoms in total. The number of amides is 2. The van der Waals surface area contributed by atoms with Crippen molar-refractivity contribution in [2.24, 2.45) is 0 Å². The first-order valence-electron chi connectivity index (χ1n) is 7.54. The number of halogens is 1. The number of nitrogens with one attached hydrogen (secondary N) is 1. The molecule has 1 saturated heterocycles. The van der Waals surface area contributed by atoms with Crippen LogP contribution in [-0.2, 0) is 16.0 Å². The predicted molar refractivity (Wildman–Crippen MR) is 87.6 cm³/mol. The lowest BCUT2D eigenvalue weighted by Crippen LogP contribution is -2.47. The van der Waals surface area contributed by atoms with Crippen molar-refractivity contribution in [2.75, 3.05) is 19.7 Å². The normalized spacial score (nSPS) is 15.5. The second-order valence-corrected chi connectivity index (χ2v) is 6.25. The number of ether oxygens (including phenoxy) is 1. The summed E-state index contributed by atoms with van der Waals surface area (Å²) in [5.41, 5.74) is 0.990. The fourth-order valence-electron chi connectivity index (χ4n) is 2.49. The van der Waals surface area contributed by atoms with E-state index < -0.39 is 0 Å². The maximum Gasteiger partial charge on any atom is 0.409 e.